The minimum Gasteiger partial charge on any atom is -0.460 e. The Bertz CT molecular complexity index is 910. The number of ether oxygens (including phenoxy) is 3. The van der Waals surface area contributed by atoms with Crippen LogP contribution in [0, 0.1) is 20.8 Å². The van der Waals surface area contributed by atoms with Gasteiger partial charge < -0.3 is 14.2 Å². The number of nitrogens with zero attached hydrogens (tertiary/aromatic N) is 1. The van der Waals surface area contributed by atoms with Gasteiger partial charge in [-0.2, -0.15) is 0 Å². The summed E-state index contributed by atoms with van der Waals surface area (Å²) in [6.45, 7) is 8.43. The largest absolute Gasteiger partial charge is 0.460 e. The standard InChI is InChI=1S/C22H23NO4S/c1-14-9-15(2)21(16(3)10-14)17(4)19(27-22(28)25-5)11-20(26-13-24)18-7-6-8-23-12-18/h6-13H,1-5H3/b19-17-,20-11-. The van der Waals surface area contributed by atoms with Crippen molar-refractivity contribution in [2.75, 3.05) is 7.11 Å². The van der Waals surface area contributed by atoms with E-state index < -0.39 is 0 Å². The molecule has 0 fully saturated rings. The Morgan fingerprint density at radius 2 is 1.86 bits per heavy atom. The number of hydrogen-bond donors (Lipinski definition) is 0. The maximum absolute atomic E-state index is 11.0. The molecule has 0 N–H and O–H groups in total. The number of aryl methyl sites for hydroxylation is 3. The van der Waals surface area contributed by atoms with E-state index >= 15 is 0 Å². The van der Waals surface area contributed by atoms with E-state index in [-0.39, 0.29) is 5.24 Å². The van der Waals surface area contributed by atoms with Gasteiger partial charge >= 0.3 is 5.24 Å². The molecule has 0 spiro atoms. The zero-order valence-electron chi connectivity index (χ0n) is 16.6. The van der Waals surface area contributed by atoms with Gasteiger partial charge in [0.2, 0.25) is 0 Å². The zero-order chi connectivity index (χ0) is 20.7. The van der Waals surface area contributed by atoms with Crippen LogP contribution in [-0.4, -0.2) is 23.8 Å². The topological polar surface area (TPSA) is 57.7 Å². The van der Waals surface area contributed by atoms with Gasteiger partial charge in [0.05, 0.1) is 7.11 Å². The minimum atomic E-state index is -0.0374. The van der Waals surface area contributed by atoms with Crippen molar-refractivity contribution in [1.82, 2.24) is 4.98 Å². The van der Waals surface area contributed by atoms with Crippen LogP contribution >= 0.6 is 12.2 Å². The highest BCUT2D eigenvalue weighted by atomic mass is 32.1. The quantitative estimate of drug-likeness (QED) is 0.299. The van der Waals surface area contributed by atoms with Gasteiger partial charge in [-0.25, -0.2) is 0 Å². The molecule has 0 aliphatic rings. The van der Waals surface area contributed by atoms with Gasteiger partial charge in [-0.05, 0) is 62.1 Å². The van der Waals surface area contributed by atoms with E-state index in [2.05, 4.69) is 24.0 Å². The van der Waals surface area contributed by atoms with Crippen molar-refractivity contribution < 1.29 is 19.0 Å². The van der Waals surface area contributed by atoms with Crippen molar-refractivity contribution in [2.24, 2.45) is 0 Å². The Morgan fingerprint density at radius 1 is 1.18 bits per heavy atom. The molecule has 1 aromatic heterocycles. The van der Waals surface area contributed by atoms with Crippen molar-refractivity contribution in [3.8, 4) is 0 Å². The first-order valence-electron chi connectivity index (χ1n) is 8.64. The molecule has 0 saturated heterocycles. The summed E-state index contributed by atoms with van der Waals surface area (Å²) in [5.74, 6) is 0.710. The van der Waals surface area contributed by atoms with Crippen molar-refractivity contribution in [2.45, 2.75) is 27.7 Å². The molecule has 0 unspecified atom stereocenters. The summed E-state index contributed by atoms with van der Waals surface area (Å²) in [4.78, 5) is 15.1. The molecule has 0 aliphatic carbocycles. The third-order valence-corrected chi connectivity index (χ3v) is 4.41. The Morgan fingerprint density at radius 3 is 2.39 bits per heavy atom. The van der Waals surface area contributed by atoms with E-state index in [0.717, 1.165) is 22.3 Å². The van der Waals surface area contributed by atoms with Gasteiger partial charge in [0.25, 0.3) is 6.47 Å². The first-order valence-corrected chi connectivity index (χ1v) is 9.05. The second-order valence-corrected chi connectivity index (χ2v) is 6.62. The van der Waals surface area contributed by atoms with E-state index in [1.165, 1.54) is 12.7 Å². The molecule has 0 radical (unpaired) electrons. The van der Waals surface area contributed by atoms with Crippen LogP contribution in [-0.2, 0) is 19.0 Å². The van der Waals surface area contributed by atoms with Crippen molar-refractivity contribution in [1.29, 1.82) is 0 Å². The molecule has 0 aliphatic heterocycles. The molecule has 0 atom stereocenters. The second kappa shape index (κ2) is 9.80. The lowest BCUT2D eigenvalue weighted by Gasteiger charge is -2.16. The molecule has 6 heteroatoms. The minimum absolute atomic E-state index is 0.0374. The molecule has 0 amide bonds. The van der Waals surface area contributed by atoms with E-state index in [0.29, 0.717) is 23.6 Å². The van der Waals surface area contributed by atoms with Crippen LogP contribution in [0.5, 0.6) is 0 Å². The number of thiocarbonyl (C=S) groups is 1. The molecule has 2 rings (SSSR count). The maximum Gasteiger partial charge on any atom is 0.357 e. The van der Waals surface area contributed by atoms with E-state index in [1.54, 1.807) is 30.6 Å². The van der Waals surface area contributed by atoms with Crippen LogP contribution in [0.2, 0.25) is 0 Å². The number of allylic oxidation sites excluding steroid dienone is 2. The van der Waals surface area contributed by atoms with Gasteiger partial charge in [0.15, 0.2) is 0 Å². The SMILES string of the molecule is COC(=S)OC(/C=C(\OC=O)c1cccnc1)=C(/C)c1c(C)cc(C)cc1C. The normalized spacial score (nSPS) is 12.1. The van der Waals surface area contributed by atoms with Crippen LogP contribution < -0.4 is 0 Å². The zero-order valence-corrected chi connectivity index (χ0v) is 17.4. The number of rotatable bonds is 6. The van der Waals surface area contributed by atoms with Crippen LogP contribution in [0.1, 0.15) is 34.7 Å². The van der Waals surface area contributed by atoms with Gasteiger partial charge in [0, 0.05) is 36.3 Å². The highest BCUT2D eigenvalue weighted by molar-refractivity contribution is 7.79. The summed E-state index contributed by atoms with van der Waals surface area (Å²) in [6.07, 6.45) is 4.85. The highest BCUT2D eigenvalue weighted by Gasteiger charge is 2.15. The third-order valence-electron chi connectivity index (χ3n) is 4.16. The molecule has 28 heavy (non-hydrogen) atoms. The number of pyridine rings is 1. The Balaban J connectivity index is 2.68. The fraction of sp³-hybridized carbons (Fsp3) is 0.227. The number of aromatic nitrogens is 1. The summed E-state index contributed by atoms with van der Waals surface area (Å²) in [7, 11) is 1.44. The monoisotopic (exact) mass is 397 g/mol. The van der Waals surface area contributed by atoms with Crippen molar-refractivity contribution >= 4 is 35.3 Å². The lowest BCUT2D eigenvalue weighted by Crippen LogP contribution is -2.06. The Labute approximate surface area is 170 Å². The predicted molar refractivity (Wildman–Crippen MR) is 113 cm³/mol. The molecule has 2 aromatic rings. The predicted octanol–water partition coefficient (Wildman–Crippen LogP) is 4.90. The molecule has 0 bridgehead atoms. The summed E-state index contributed by atoms with van der Waals surface area (Å²) >= 11 is 5.09. The smallest absolute Gasteiger partial charge is 0.357 e. The van der Waals surface area contributed by atoms with E-state index in [1.807, 2.05) is 20.8 Å². The number of methoxy groups -OCH3 is 1. The fourth-order valence-corrected chi connectivity index (χ4v) is 3.20. The van der Waals surface area contributed by atoms with E-state index in [9.17, 15) is 4.79 Å². The number of hydrogen-bond acceptors (Lipinski definition) is 6. The average molecular weight is 397 g/mol. The number of carbonyl (C=O) groups is 1. The van der Waals surface area contributed by atoms with Gasteiger partial charge in [-0.1, -0.05) is 17.7 Å². The van der Waals surface area contributed by atoms with Crippen LogP contribution in [0.3, 0.4) is 0 Å². The first-order chi connectivity index (χ1) is 13.4. The Hall–Kier alpha value is -2.99. The molecule has 1 heterocycles. The van der Waals surface area contributed by atoms with E-state index in [4.69, 9.17) is 26.4 Å². The van der Waals surface area contributed by atoms with Crippen molar-refractivity contribution in [3.63, 3.8) is 0 Å². The first kappa shape index (κ1) is 21.3. The Kier molecular flexibility index (Phi) is 7.46. The lowest BCUT2D eigenvalue weighted by molar-refractivity contribution is -0.122. The summed E-state index contributed by atoms with van der Waals surface area (Å²) in [5, 5.41) is -0.0374. The van der Waals surface area contributed by atoms with Gasteiger partial charge in [-0.3, -0.25) is 9.78 Å². The molecule has 0 saturated carbocycles. The molecule has 5 nitrogen and oxygen atoms in total. The molecule has 1 aromatic carbocycles. The summed E-state index contributed by atoms with van der Waals surface area (Å²) < 4.78 is 15.9. The fourth-order valence-electron chi connectivity index (χ4n) is 3.11. The lowest BCUT2D eigenvalue weighted by atomic mass is 9.93. The van der Waals surface area contributed by atoms with Crippen LogP contribution in [0.15, 0.2) is 48.5 Å². The van der Waals surface area contributed by atoms with Gasteiger partial charge in [-0.15, -0.1) is 0 Å². The van der Waals surface area contributed by atoms with Crippen LogP contribution in [0.4, 0.5) is 0 Å². The highest BCUT2D eigenvalue weighted by Crippen LogP contribution is 2.29. The van der Waals surface area contributed by atoms with Gasteiger partial charge in [0.1, 0.15) is 11.5 Å². The number of carbonyl (C=O) groups excluding carboxylic acids is 1. The number of benzene rings is 1. The molecular weight excluding hydrogens is 374 g/mol. The summed E-state index contributed by atoms with van der Waals surface area (Å²) in [5.41, 5.74) is 5.89. The maximum atomic E-state index is 11.0. The molecule has 146 valence electrons. The average Bonchev–Trinajstić information content (AvgIpc) is 2.66. The second-order valence-electron chi connectivity index (χ2n) is 6.28. The molecular formula is C22H23NO4S. The third kappa shape index (κ3) is 5.27. The van der Waals surface area contributed by atoms with Crippen LogP contribution in [0.25, 0.3) is 11.3 Å². The summed E-state index contributed by atoms with van der Waals surface area (Å²) in [6, 6.07) is 7.74. The van der Waals surface area contributed by atoms with Crippen molar-refractivity contribution in [3.05, 3.63) is 76.3 Å².